The fourth-order valence-electron chi connectivity index (χ4n) is 2.78. The summed E-state index contributed by atoms with van der Waals surface area (Å²) >= 11 is 0. The van der Waals surface area contributed by atoms with Crippen molar-refractivity contribution in [2.24, 2.45) is 0 Å². The van der Waals surface area contributed by atoms with Crippen molar-refractivity contribution in [1.82, 2.24) is 9.84 Å². The molecule has 3 aromatic rings. The molecule has 0 spiro atoms. The number of rotatable bonds is 4. The van der Waals surface area contributed by atoms with Crippen LogP contribution in [0.15, 0.2) is 82.3 Å². The van der Waals surface area contributed by atoms with Gasteiger partial charge in [0, 0.05) is 5.69 Å². The van der Waals surface area contributed by atoms with Crippen LogP contribution in [-0.4, -0.2) is 19.3 Å². The number of fused-ring (bicyclic) bond motifs is 1. The second-order valence-corrected chi connectivity index (χ2v) is 7.35. The highest BCUT2D eigenvalue weighted by atomic mass is 32.2. The first-order valence-corrected chi connectivity index (χ1v) is 9.34. The van der Waals surface area contributed by atoms with Crippen LogP contribution in [0.25, 0.3) is 0 Å². The highest BCUT2D eigenvalue weighted by Crippen LogP contribution is 2.32. The standard InChI is InChI=1S/C18H15N3O4S/c22-18-14-9-4-5-10-15(14)19-17(16-11-6-12-25-16)21(18)20-26(23,24)13-7-2-1-3-8-13/h1-12,17,19-20H/t17-/m0/s1. The van der Waals surface area contributed by atoms with Gasteiger partial charge in [-0.15, -0.1) is 4.83 Å². The number of carbonyl (C=O) groups excluding carboxylic acids is 1. The van der Waals surface area contributed by atoms with Crippen LogP contribution < -0.4 is 10.1 Å². The van der Waals surface area contributed by atoms with Crippen LogP contribution in [0.5, 0.6) is 0 Å². The van der Waals surface area contributed by atoms with Crippen LogP contribution in [0, 0.1) is 0 Å². The number of amides is 1. The SMILES string of the molecule is O=C1c2ccccc2N[C@H](c2ccco2)N1NS(=O)(=O)c1ccccc1. The van der Waals surface area contributed by atoms with Gasteiger partial charge < -0.3 is 9.73 Å². The first-order chi connectivity index (χ1) is 12.6. The first kappa shape index (κ1) is 16.4. The molecular formula is C18H15N3O4S. The molecule has 0 saturated carbocycles. The molecule has 4 rings (SSSR count). The average Bonchev–Trinajstić information content (AvgIpc) is 3.19. The molecule has 2 heterocycles. The summed E-state index contributed by atoms with van der Waals surface area (Å²) in [5, 5.41) is 4.17. The molecule has 0 aliphatic carbocycles. The Morgan fingerprint density at radius 2 is 1.69 bits per heavy atom. The number of nitrogens with one attached hydrogen (secondary N) is 2. The molecule has 8 heteroatoms. The average molecular weight is 369 g/mol. The topological polar surface area (TPSA) is 91.7 Å². The molecule has 1 aliphatic heterocycles. The Morgan fingerprint density at radius 1 is 0.962 bits per heavy atom. The monoisotopic (exact) mass is 369 g/mol. The van der Waals surface area contributed by atoms with E-state index in [1.165, 1.54) is 18.4 Å². The van der Waals surface area contributed by atoms with Crippen LogP contribution in [0.2, 0.25) is 0 Å². The van der Waals surface area contributed by atoms with E-state index in [0.717, 1.165) is 5.01 Å². The van der Waals surface area contributed by atoms with E-state index in [1.807, 2.05) is 0 Å². The van der Waals surface area contributed by atoms with Crippen molar-refractivity contribution in [3.8, 4) is 0 Å². The van der Waals surface area contributed by atoms with Gasteiger partial charge in [0.15, 0.2) is 6.17 Å². The minimum Gasteiger partial charge on any atom is -0.465 e. The van der Waals surface area contributed by atoms with E-state index in [2.05, 4.69) is 10.1 Å². The van der Waals surface area contributed by atoms with Crippen molar-refractivity contribution in [3.05, 3.63) is 84.3 Å². The summed E-state index contributed by atoms with van der Waals surface area (Å²) in [7, 11) is -3.95. The van der Waals surface area contributed by atoms with Crippen molar-refractivity contribution >= 4 is 21.6 Å². The number of furan rings is 1. The Bertz CT molecular complexity index is 1030. The van der Waals surface area contributed by atoms with Crippen molar-refractivity contribution < 1.29 is 17.6 Å². The lowest BCUT2D eigenvalue weighted by Crippen LogP contribution is -2.52. The molecule has 0 radical (unpaired) electrons. The fraction of sp³-hybridized carbons (Fsp3) is 0.0556. The Hall–Kier alpha value is -3.10. The maximum absolute atomic E-state index is 12.9. The summed E-state index contributed by atoms with van der Waals surface area (Å²) in [5.41, 5.74) is 0.972. The Labute approximate surface area is 150 Å². The number of nitrogens with zero attached hydrogens (tertiary/aromatic N) is 1. The zero-order valence-corrected chi connectivity index (χ0v) is 14.3. The lowest BCUT2D eigenvalue weighted by molar-refractivity contribution is 0.0609. The van der Waals surface area contributed by atoms with E-state index in [1.54, 1.807) is 54.6 Å². The van der Waals surface area contributed by atoms with Gasteiger partial charge in [-0.3, -0.25) is 4.79 Å². The number of hydrogen-bond acceptors (Lipinski definition) is 5. The van der Waals surface area contributed by atoms with Crippen LogP contribution in [0.3, 0.4) is 0 Å². The number of benzene rings is 2. The summed E-state index contributed by atoms with van der Waals surface area (Å²) in [6.07, 6.45) is 0.650. The predicted octanol–water partition coefficient (Wildman–Crippen LogP) is 2.74. The second kappa shape index (κ2) is 6.32. The van der Waals surface area contributed by atoms with Gasteiger partial charge in [-0.2, -0.15) is 0 Å². The van der Waals surface area contributed by atoms with Crippen molar-refractivity contribution in [3.63, 3.8) is 0 Å². The van der Waals surface area contributed by atoms with E-state index in [-0.39, 0.29) is 4.90 Å². The predicted molar refractivity (Wildman–Crippen MR) is 94.4 cm³/mol. The van der Waals surface area contributed by atoms with Gasteiger partial charge >= 0.3 is 0 Å². The third-order valence-corrected chi connectivity index (χ3v) is 5.34. The summed E-state index contributed by atoms with van der Waals surface area (Å²) < 4.78 is 30.8. The van der Waals surface area contributed by atoms with Crippen LogP contribution >= 0.6 is 0 Å². The zero-order chi connectivity index (χ0) is 18.1. The van der Waals surface area contributed by atoms with E-state index in [4.69, 9.17) is 4.42 Å². The lowest BCUT2D eigenvalue weighted by atomic mass is 10.1. The van der Waals surface area contributed by atoms with Crippen molar-refractivity contribution in [1.29, 1.82) is 0 Å². The molecule has 0 bridgehead atoms. The number of anilines is 1. The van der Waals surface area contributed by atoms with Gasteiger partial charge in [0.05, 0.1) is 16.7 Å². The minimum absolute atomic E-state index is 0.0600. The molecule has 2 aromatic carbocycles. The maximum Gasteiger partial charge on any atom is 0.273 e. The number of hydrogen-bond donors (Lipinski definition) is 2. The summed E-state index contributed by atoms with van der Waals surface area (Å²) in [6.45, 7) is 0. The third kappa shape index (κ3) is 2.85. The number of hydrazine groups is 1. The summed E-state index contributed by atoms with van der Waals surface area (Å²) in [6, 6.07) is 18.1. The Kier molecular flexibility index (Phi) is 3.98. The van der Waals surface area contributed by atoms with Gasteiger partial charge in [0.2, 0.25) is 0 Å². The van der Waals surface area contributed by atoms with Gasteiger partial charge in [-0.05, 0) is 36.4 Å². The molecule has 1 aliphatic rings. The molecule has 0 unspecified atom stereocenters. The van der Waals surface area contributed by atoms with Gasteiger partial charge in [-0.25, -0.2) is 13.4 Å². The molecule has 2 N–H and O–H groups in total. The van der Waals surface area contributed by atoms with Gasteiger partial charge in [-0.1, -0.05) is 30.3 Å². The Morgan fingerprint density at radius 3 is 2.42 bits per heavy atom. The van der Waals surface area contributed by atoms with E-state index >= 15 is 0 Å². The first-order valence-electron chi connectivity index (χ1n) is 7.86. The zero-order valence-electron chi connectivity index (χ0n) is 13.5. The lowest BCUT2D eigenvalue weighted by Gasteiger charge is -2.36. The van der Waals surface area contributed by atoms with Crippen LogP contribution in [-0.2, 0) is 10.0 Å². The molecule has 7 nitrogen and oxygen atoms in total. The normalized spacial score (nSPS) is 16.8. The molecule has 132 valence electrons. The molecule has 1 amide bonds. The summed E-state index contributed by atoms with van der Waals surface area (Å²) in [4.78, 5) is 15.4. The number of carbonyl (C=O) groups is 1. The number of para-hydroxylation sites is 1. The summed E-state index contributed by atoms with van der Waals surface area (Å²) in [5.74, 6) is -0.0659. The highest BCUT2D eigenvalue weighted by Gasteiger charge is 2.37. The molecule has 1 atom stereocenters. The van der Waals surface area contributed by atoms with E-state index < -0.39 is 22.1 Å². The molecule has 0 saturated heterocycles. The Balaban J connectivity index is 1.75. The van der Waals surface area contributed by atoms with Crippen molar-refractivity contribution in [2.75, 3.05) is 5.32 Å². The molecule has 1 aromatic heterocycles. The smallest absolute Gasteiger partial charge is 0.273 e. The van der Waals surface area contributed by atoms with E-state index in [9.17, 15) is 13.2 Å². The van der Waals surface area contributed by atoms with Crippen molar-refractivity contribution in [2.45, 2.75) is 11.1 Å². The quantitative estimate of drug-likeness (QED) is 0.738. The van der Waals surface area contributed by atoms with Gasteiger partial charge in [0.25, 0.3) is 15.9 Å². The maximum atomic E-state index is 12.9. The van der Waals surface area contributed by atoms with Crippen LogP contribution in [0.1, 0.15) is 22.3 Å². The van der Waals surface area contributed by atoms with E-state index in [0.29, 0.717) is 17.0 Å². The molecule has 26 heavy (non-hydrogen) atoms. The molecular weight excluding hydrogens is 354 g/mol. The second-order valence-electron chi connectivity index (χ2n) is 5.69. The largest absolute Gasteiger partial charge is 0.465 e. The third-order valence-electron chi connectivity index (χ3n) is 4.01. The number of sulfonamides is 1. The fourth-order valence-corrected chi connectivity index (χ4v) is 3.84. The van der Waals surface area contributed by atoms with Crippen LogP contribution in [0.4, 0.5) is 5.69 Å². The van der Waals surface area contributed by atoms with Gasteiger partial charge in [0.1, 0.15) is 5.76 Å². The highest BCUT2D eigenvalue weighted by molar-refractivity contribution is 7.89. The molecule has 0 fully saturated rings. The minimum atomic E-state index is -3.95.